The third-order valence-electron chi connectivity index (χ3n) is 5.31. The van der Waals surface area contributed by atoms with Crippen LogP contribution in [0.2, 0.25) is 0 Å². The van der Waals surface area contributed by atoms with Gasteiger partial charge in [-0.3, -0.25) is 0 Å². The van der Waals surface area contributed by atoms with Crippen LogP contribution in [0, 0.1) is 0 Å². The summed E-state index contributed by atoms with van der Waals surface area (Å²) < 4.78 is 7.93. The Balaban J connectivity index is 1.62. The maximum Gasteiger partial charge on any atom is 0.165 e. The molecule has 1 atom stereocenters. The summed E-state index contributed by atoms with van der Waals surface area (Å²) >= 11 is 0. The molecule has 1 spiro atoms. The fourth-order valence-electron chi connectivity index (χ4n) is 4.04. The van der Waals surface area contributed by atoms with E-state index in [9.17, 15) is 5.11 Å². The molecule has 2 fully saturated rings. The molecule has 0 amide bonds. The lowest BCUT2D eigenvalue weighted by molar-refractivity contribution is -0.0783. The van der Waals surface area contributed by atoms with E-state index >= 15 is 0 Å². The number of aliphatic hydroxyl groups excluding tert-OH is 2. The molecule has 1 saturated carbocycles. The summed E-state index contributed by atoms with van der Waals surface area (Å²) in [6.07, 6.45) is 8.32. The minimum Gasteiger partial charge on any atom is -0.394 e. The van der Waals surface area contributed by atoms with E-state index in [4.69, 9.17) is 9.84 Å². The lowest BCUT2D eigenvalue weighted by Crippen LogP contribution is -2.53. The van der Waals surface area contributed by atoms with Crippen molar-refractivity contribution in [1.29, 1.82) is 0 Å². The number of nitrogens with zero attached hydrogens (tertiary/aromatic N) is 5. The molecule has 0 bridgehead atoms. The van der Waals surface area contributed by atoms with Crippen molar-refractivity contribution in [3.63, 3.8) is 0 Å². The number of aromatic nitrogens is 4. The monoisotopic (exact) mass is 347 g/mol. The van der Waals surface area contributed by atoms with E-state index in [2.05, 4.69) is 19.9 Å². The van der Waals surface area contributed by atoms with Crippen molar-refractivity contribution in [2.24, 2.45) is 0 Å². The van der Waals surface area contributed by atoms with Gasteiger partial charge in [0.1, 0.15) is 6.33 Å². The summed E-state index contributed by atoms with van der Waals surface area (Å²) in [5, 5.41) is 18.8. The molecule has 3 heterocycles. The molecule has 8 nitrogen and oxygen atoms in total. The van der Waals surface area contributed by atoms with Gasteiger partial charge in [-0.25, -0.2) is 15.0 Å². The number of anilines is 1. The van der Waals surface area contributed by atoms with Crippen LogP contribution in [0.5, 0.6) is 0 Å². The van der Waals surface area contributed by atoms with Gasteiger partial charge >= 0.3 is 0 Å². The van der Waals surface area contributed by atoms with E-state index in [0.717, 1.165) is 37.3 Å². The van der Waals surface area contributed by atoms with Crippen molar-refractivity contribution in [2.75, 3.05) is 31.2 Å². The molecule has 1 saturated heterocycles. The predicted octanol–water partition coefficient (Wildman–Crippen LogP) is 0.719. The van der Waals surface area contributed by atoms with Gasteiger partial charge in [-0.2, -0.15) is 0 Å². The van der Waals surface area contributed by atoms with Crippen LogP contribution >= 0.6 is 0 Å². The van der Waals surface area contributed by atoms with E-state index in [1.807, 2.05) is 0 Å². The van der Waals surface area contributed by atoms with Crippen LogP contribution in [0.15, 0.2) is 12.7 Å². The van der Waals surface area contributed by atoms with E-state index in [1.165, 1.54) is 19.3 Å². The van der Waals surface area contributed by atoms with Gasteiger partial charge in [0, 0.05) is 13.1 Å². The highest BCUT2D eigenvalue weighted by Crippen LogP contribution is 2.36. The van der Waals surface area contributed by atoms with Gasteiger partial charge in [-0.15, -0.1) is 0 Å². The van der Waals surface area contributed by atoms with Crippen molar-refractivity contribution in [3.8, 4) is 0 Å². The van der Waals surface area contributed by atoms with Gasteiger partial charge < -0.3 is 24.4 Å². The molecule has 8 heteroatoms. The first kappa shape index (κ1) is 16.7. The van der Waals surface area contributed by atoms with Crippen molar-refractivity contribution in [2.45, 2.75) is 50.4 Å². The van der Waals surface area contributed by atoms with Crippen LogP contribution in [0.3, 0.4) is 0 Å². The minimum absolute atomic E-state index is 0.0522. The largest absolute Gasteiger partial charge is 0.394 e. The molecule has 2 aliphatic rings. The first-order valence-electron chi connectivity index (χ1n) is 9.04. The van der Waals surface area contributed by atoms with Crippen LogP contribution in [-0.4, -0.2) is 67.7 Å². The zero-order valence-electron chi connectivity index (χ0n) is 14.3. The molecular formula is C17H25N5O3. The number of morpholine rings is 1. The number of aliphatic hydroxyl groups is 2. The highest BCUT2D eigenvalue weighted by atomic mass is 16.5. The summed E-state index contributed by atoms with van der Waals surface area (Å²) in [4.78, 5) is 15.6. The van der Waals surface area contributed by atoms with Crippen LogP contribution in [-0.2, 0) is 11.3 Å². The van der Waals surface area contributed by atoms with Crippen LogP contribution in [0.4, 0.5) is 5.82 Å². The highest BCUT2D eigenvalue weighted by Gasteiger charge is 2.38. The molecule has 0 aromatic carbocycles. The van der Waals surface area contributed by atoms with Gasteiger partial charge in [0.25, 0.3) is 0 Å². The SMILES string of the molecule is OC[C@@H](O)Cn1cnc2c(N3CCOC4(CCCCC4)C3)ncnc21. The van der Waals surface area contributed by atoms with Gasteiger partial charge in [0.05, 0.1) is 37.8 Å². The van der Waals surface area contributed by atoms with Crippen molar-refractivity contribution < 1.29 is 14.9 Å². The minimum atomic E-state index is -0.829. The quantitative estimate of drug-likeness (QED) is 0.841. The number of rotatable bonds is 4. The fraction of sp³-hybridized carbons (Fsp3) is 0.706. The molecular weight excluding hydrogens is 322 g/mol. The fourth-order valence-corrected chi connectivity index (χ4v) is 4.04. The summed E-state index contributed by atoms with van der Waals surface area (Å²) in [5.74, 6) is 0.829. The number of hydrogen-bond acceptors (Lipinski definition) is 7. The summed E-state index contributed by atoms with van der Waals surface area (Å²) in [5.41, 5.74) is 1.37. The summed E-state index contributed by atoms with van der Waals surface area (Å²) in [6, 6.07) is 0. The topological polar surface area (TPSA) is 96.5 Å². The molecule has 2 aromatic heterocycles. The van der Waals surface area contributed by atoms with E-state index < -0.39 is 6.10 Å². The van der Waals surface area contributed by atoms with E-state index in [-0.39, 0.29) is 18.8 Å². The second-order valence-corrected chi connectivity index (χ2v) is 7.12. The third-order valence-corrected chi connectivity index (χ3v) is 5.31. The molecule has 25 heavy (non-hydrogen) atoms. The average Bonchev–Trinajstić information content (AvgIpc) is 3.05. The number of ether oxygens (including phenoxy) is 1. The Kier molecular flexibility index (Phi) is 4.58. The van der Waals surface area contributed by atoms with Gasteiger partial charge in [0.15, 0.2) is 17.0 Å². The van der Waals surface area contributed by atoms with Crippen LogP contribution in [0.1, 0.15) is 32.1 Å². The number of imidazole rings is 1. The van der Waals surface area contributed by atoms with Crippen molar-refractivity contribution in [3.05, 3.63) is 12.7 Å². The number of hydrogen-bond donors (Lipinski definition) is 2. The lowest BCUT2D eigenvalue weighted by atomic mass is 9.83. The predicted molar refractivity (Wildman–Crippen MR) is 92.4 cm³/mol. The molecule has 0 unspecified atom stereocenters. The lowest BCUT2D eigenvalue weighted by Gasteiger charge is -2.45. The van der Waals surface area contributed by atoms with Crippen molar-refractivity contribution >= 4 is 17.0 Å². The molecule has 136 valence electrons. The Hall–Kier alpha value is -1.77. The Morgan fingerprint density at radius 3 is 2.84 bits per heavy atom. The van der Waals surface area contributed by atoms with E-state index in [1.54, 1.807) is 17.2 Å². The van der Waals surface area contributed by atoms with Gasteiger partial charge in [-0.1, -0.05) is 19.3 Å². The maximum absolute atomic E-state index is 9.70. The third kappa shape index (κ3) is 3.21. The normalized spacial score (nSPS) is 21.8. The zero-order valence-corrected chi connectivity index (χ0v) is 14.3. The second kappa shape index (κ2) is 6.86. The summed E-state index contributed by atoms with van der Waals surface area (Å²) in [6.45, 7) is 2.31. The first-order chi connectivity index (χ1) is 12.2. The molecule has 2 N–H and O–H groups in total. The van der Waals surface area contributed by atoms with Crippen LogP contribution < -0.4 is 4.90 Å². The van der Waals surface area contributed by atoms with Gasteiger partial charge in [0.2, 0.25) is 0 Å². The highest BCUT2D eigenvalue weighted by molar-refractivity contribution is 5.83. The Morgan fingerprint density at radius 1 is 1.20 bits per heavy atom. The first-order valence-corrected chi connectivity index (χ1v) is 9.04. The molecule has 1 aliphatic carbocycles. The standard InChI is InChI=1S/C17H25N5O3/c23-9-13(24)8-22-12-20-14-15(18-11-19-16(14)22)21-6-7-25-17(10-21)4-2-1-3-5-17/h11-13,23-24H,1-10H2/t13-/m0/s1. The van der Waals surface area contributed by atoms with Gasteiger partial charge in [-0.05, 0) is 12.8 Å². The molecule has 0 radical (unpaired) electrons. The second-order valence-electron chi connectivity index (χ2n) is 7.12. The van der Waals surface area contributed by atoms with Crippen LogP contribution in [0.25, 0.3) is 11.2 Å². The molecule has 1 aliphatic heterocycles. The Morgan fingerprint density at radius 2 is 2.04 bits per heavy atom. The molecule has 2 aromatic rings. The molecule has 4 rings (SSSR count). The Bertz CT molecular complexity index is 723. The van der Waals surface area contributed by atoms with E-state index in [0.29, 0.717) is 12.3 Å². The maximum atomic E-state index is 9.70. The number of fused-ring (bicyclic) bond motifs is 1. The van der Waals surface area contributed by atoms with Crippen molar-refractivity contribution in [1.82, 2.24) is 19.5 Å². The summed E-state index contributed by atoms with van der Waals surface area (Å²) in [7, 11) is 0. The smallest absolute Gasteiger partial charge is 0.165 e. The zero-order chi connectivity index (χ0) is 17.3. The Labute approximate surface area is 146 Å². The average molecular weight is 347 g/mol.